The predicted molar refractivity (Wildman–Crippen MR) is 109 cm³/mol. The average molecular weight is 373 g/mol. The number of hydrogen-bond donors (Lipinski definition) is 1. The molecule has 0 spiro atoms. The first kappa shape index (κ1) is 17.7. The number of amides is 1. The quantitative estimate of drug-likeness (QED) is 0.519. The summed E-state index contributed by atoms with van der Waals surface area (Å²) in [6.45, 7) is 3.99. The van der Waals surface area contributed by atoms with E-state index in [0.29, 0.717) is 5.56 Å². The molecule has 3 aromatic carbocycles. The Labute approximate surface area is 162 Å². The molecular formula is C22H19N3O3. The van der Waals surface area contributed by atoms with Gasteiger partial charge in [0.05, 0.1) is 10.5 Å². The Morgan fingerprint density at radius 1 is 0.964 bits per heavy atom. The SMILES string of the molecule is Cc1cc(C)cc(N2C(=O)c3ccccc3N[C@H]2c2ccc([N+](=O)[O-])cc2)c1. The number of nitrogens with one attached hydrogen (secondary N) is 1. The lowest BCUT2D eigenvalue weighted by molar-refractivity contribution is -0.384. The lowest BCUT2D eigenvalue weighted by atomic mass is 10.0. The van der Waals surface area contributed by atoms with E-state index in [4.69, 9.17) is 0 Å². The minimum absolute atomic E-state index is 0.0178. The molecule has 28 heavy (non-hydrogen) atoms. The standard InChI is InChI=1S/C22H19N3O3/c1-14-11-15(2)13-18(12-14)24-21(16-7-9-17(10-8-16)25(27)28)23-20-6-4-3-5-19(20)22(24)26/h3-13,21,23H,1-2H3/t21-/m1/s1. The molecule has 1 aliphatic rings. The molecule has 140 valence electrons. The number of non-ortho nitro benzene ring substituents is 1. The summed E-state index contributed by atoms with van der Waals surface area (Å²) in [5.41, 5.74) is 5.04. The second-order valence-corrected chi connectivity index (χ2v) is 6.96. The van der Waals surface area contributed by atoms with Crippen LogP contribution in [0.3, 0.4) is 0 Å². The molecule has 3 aromatic rings. The van der Waals surface area contributed by atoms with Gasteiger partial charge in [0.25, 0.3) is 11.6 Å². The van der Waals surface area contributed by atoms with E-state index < -0.39 is 11.1 Å². The predicted octanol–water partition coefficient (Wildman–Crippen LogP) is 4.98. The number of aryl methyl sites for hydroxylation is 2. The fourth-order valence-corrected chi connectivity index (χ4v) is 3.62. The maximum absolute atomic E-state index is 13.4. The summed E-state index contributed by atoms with van der Waals surface area (Å²) in [6.07, 6.45) is -0.468. The second-order valence-electron chi connectivity index (χ2n) is 6.96. The molecule has 6 heteroatoms. The third kappa shape index (κ3) is 3.09. The summed E-state index contributed by atoms with van der Waals surface area (Å²) < 4.78 is 0. The lowest BCUT2D eigenvalue weighted by Crippen LogP contribution is -2.43. The number of nitro benzene ring substituents is 1. The molecule has 6 nitrogen and oxygen atoms in total. The lowest BCUT2D eigenvalue weighted by Gasteiger charge is -2.38. The molecule has 0 unspecified atom stereocenters. The van der Waals surface area contributed by atoms with Crippen LogP contribution in [0.4, 0.5) is 17.1 Å². The highest BCUT2D eigenvalue weighted by molar-refractivity contribution is 6.12. The van der Waals surface area contributed by atoms with Gasteiger partial charge in [-0.3, -0.25) is 19.8 Å². The molecule has 0 aromatic heterocycles. The highest BCUT2D eigenvalue weighted by atomic mass is 16.6. The van der Waals surface area contributed by atoms with E-state index in [9.17, 15) is 14.9 Å². The van der Waals surface area contributed by atoms with Crippen molar-refractivity contribution in [3.8, 4) is 0 Å². The summed E-state index contributed by atoms with van der Waals surface area (Å²) in [6, 6.07) is 19.7. The zero-order valence-electron chi connectivity index (χ0n) is 15.5. The van der Waals surface area contributed by atoms with Gasteiger partial charge in [0.1, 0.15) is 6.17 Å². The van der Waals surface area contributed by atoms with Crippen molar-refractivity contribution < 1.29 is 9.72 Å². The number of carbonyl (C=O) groups is 1. The molecule has 1 aliphatic heterocycles. The maximum atomic E-state index is 13.4. The van der Waals surface area contributed by atoms with Crippen LogP contribution >= 0.6 is 0 Å². The Morgan fingerprint density at radius 2 is 1.61 bits per heavy atom. The van der Waals surface area contributed by atoms with Crippen LogP contribution in [0, 0.1) is 24.0 Å². The molecule has 1 atom stereocenters. The monoisotopic (exact) mass is 373 g/mol. The van der Waals surface area contributed by atoms with Gasteiger partial charge in [-0.2, -0.15) is 0 Å². The third-order valence-corrected chi connectivity index (χ3v) is 4.83. The van der Waals surface area contributed by atoms with E-state index in [2.05, 4.69) is 11.4 Å². The molecule has 4 rings (SSSR count). The molecule has 0 aliphatic carbocycles. The van der Waals surface area contributed by atoms with Gasteiger partial charge in [0.15, 0.2) is 0 Å². The Hall–Kier alpha value is -3.67. The van der Waals surface area contributed by atoms with Crippen molar-refractivity contribution in [3.05, 3.63) is 99.1 Å². The van der Waals surface area contributed by atoms with E-state index >= 15 is 0 Å². The molecule has 0 bridgehead atoms. The summed E-state index contributed by atoms with van der Waals surface area (Å²) in [7, 11) is 0. The van der Waals surface area contributed by atoms with Crippen molar-refractivity contribution in [2.75, 3.05) is 10.2 Å². The number of para-hydroxylation sites is 1. The van der Waals surface area contributed by atoms with Gasteiger partial charge in [0, 0.05) is 23.5 Å². The van der Waals surface area contributed by atoms with Crippen LogP contribution in [0.2, 0.25) is 0 Å². The van der Waals surface area contributed by atoms with Gasteiger partial charge >= 0.3 is 0 Å². The first-order valence-corrected chi connectivity index (χ1v) is 8.96. The minimum atomic E-state index is -0.468. The Bertz CT molecular complexity index is 1060. The third-order valence-electron chi connectivity index (χ3n) is 4.83. The molecule has 0 saturated heterocycles. The van der Waals surface area contributed by atoms with Gasteiger partial charge < -0.3 is 5.32 Å². The average Bonchev–Trinajstić information content (AvgIpc) is 2.67. The van der Waals surface area contributed by atoms with E-state index in [-0.39, 0.29) is 11.6 Å². The van der Waals surface area contributed by atoms with Crippen LogP contribution in [-0.4, -0.2) is 10.8 Å². The van der Waals surface area contributed by atoms with Gasteiger partial charge in [0.2, 0.25) is 0 Å². The van der Waals surface area contributed by atoms with E-state index in [1.165, 1.54) is 12.1 Å². The van der Waals surface area contributed by atoms with Gasteiger partial charge in [-0.1, -0.05) is 18.2 Å². The van der Waals surface area contributed by atoms with Crippen molar-refractivity contribution in [2.24, 2.45) is 0 Å². The van der Waals surface area contributed by atoms with Crippen LogP contribution in [0.1, 0.15) is 33.2 Å². The summed E-state index contributed by atoms with van der Waals surface area (Å²) in [5, 5.41) is 14.4. The Morgan fingerprint density at radius 3 is 2.25 bits per heavy atom. The van der Waals surface area contributed by atoms with Crippen LogP contribution in [-0.2, 0) is 0 Å². The maximum Gasteiger partial charge on any atom is 0.269 e. The number of nitrogens with zero attached hydrogens (tertiary/aromatic N) is 2. The summed E-state index contributed by atoms with van der Waals surface area (Å²) >= 11 is 0. The normalized spacial score (nSPS) is 15.7. The molecule has 0 radical (unpaired) electrons. The molecule has 1 heterocycles. The summed E-state index contributed by atoms with van der Waals surface area (Å²) in [4.78, 5) is 25.6. The molecule has 1 N–H and O–H groups in total. The smallest absolute Gasteiger partial charge is 0.269 e. The van der Waals surface area contributed by atoms with E-state index in [0.717, 1.165) is 28.1 Å². The minimum Gasteiger partial charge on any atom is -0.360 e. The largest absolute Gasteiger partial charge is 0.360 e. The van der Waals surface area contributed by atoms with Crippen LogP contribution < -0.4 is 10.2 Å². The van der Waals surface area contributed by atoms with E-state index in [1.54, 1.807) is 23.1 Å². The fourth-order valence-electron chi connectivity index (χ4n) is 3.62. The summed E-state index contributed by atoms with van der Waals surface area (Å²) in [5.74, 6) is -0.109. The van der Waals surface area contributed by atoms with Crippen LogP contribution in [0.15, 0.2) is 66.7 Å². The van der Waals surface area contributed by atoms with Crippen LogP contribution in [0.25, 0.3) is 0 Å². The van der Waals surface area contributed by atoms with Crippen molar-refractivity contribution in [2.45, 2.75) is 20.0 Å². The molecular weight excluding hydrogens is 354 g/mol. The zero-order valence-corrected chi connectivity index (χ0v) is 15.5. The van der Waals surface area contributed by atoms with Crippen molar-refractivity contribution in [1.29, 1.82) is 0 Å². The van der Waals surface area contributed by atoms with Gasteiger partial charge in [-0.25, -0.2) is 0 Å². The zero-order chi connectivity index (χ0) is 19.8. The number of rotatable bonds is 3. The molecule has 0 saturated carbocycles. The highest BCUT2D eigenvalue weighted by Crippen LogP contribution is 2.37. The first-order chi connectivity index (χ1) is 13.4. The highest BCUT2D eigenvalue weighted by Gasteiger charge is 2.34. The Kier molecular flexibility index (Phi) is 4.31. The number of hydrogen-bond acceptors (Lipinski definition) is 4. The number of carbonyl (C=O) groups excluding carboxylic acids is 1. The second kappa shape index (κ2) is 6.81. The van der Waals surface area contributed by atoms with Crippen molar-refractivity contribution in [1.82, 2.24) is 0 Å². The number of fused-ring (bicyclic) bond motifs is 1. The van der Waals surface area contributed by atoms with E-state index in [1.807, 2.05) is 44.2 Å². The van der Waals surface area contributed by atoms with Crippen LogP contribution in [0.5, 0.6) is 0 Å². The van der Waals surface area contributed by atoms with Gasteiger partial charge in [-0.15, -0.1) is 0 Å². The first-order valence-electron chi connectivity index (χ1n) is 8.96. The molecule has 1 amide bonds. The molecule has 0 fully saturated rings. The number of anilines is 2. The number of nitro groups is 1. The van der Waals surface area contributed by atoms with Gasteiger partial charge in [-0.05, 0) is 66.9 Å². The fraction of sp³-hybridized carbons (Fsp3) is 0.136. The topological polar surface area (TPSA) is 75.5 Å². The van der Waals surface area contributed by atoms with Crippen molar-refractivity contribution >= 4 is 23.0 Å². The van der Waals surface area contributed by atoms with Crippen molar-refractivity contribution in [3.63, 3.8) is 0 Å². The number of benzene rings is 3. The Balaban J connectivity index is 1.85.